The van der Waals surface area contributed by atoms with Crippen LogP contribution in [0.15, 0.2) is 47.4 Å². The van der Waals surface area contributed by atoms with Gasteiger partial charge >= 0.3 is 33.0 Å². The molecule has 0 aromatic heterocycles. The van der Waals surface area contributed by atoms with Crippen molar-refractivity contribution in [1.82, 2.24) is 0 Å². The number of thiol groups is 1. The molecule has 2 aromatic carbocycles. The van der Waals surface area contributed by atoms with Gasteiger partial charge in [0.1, 0.15) is 6.26 Å². The molecular formula is C11H11F6PS. The molecule has 0 amide bonds. The van der Waals surface area contributed by atoms with Gasteiger partial charge in [0, 0.05) is 17.8 Å². The molecule has 0 unspecified atom stereocenters. The van der Waals surface area contributed by atoms with Crippen LogP contribution in [0, 0.1) is 0 Å². The van der Waals surface area contributed by atoms with E-state index in [0.717, 1.165) is 0 Å². The Morgan fingerprint density at radius 1 is 0.789 bits per heavy atom. The molecule has 0 fully saturated rings. The molecule has 0 atom stereocenters. The molecule has 0 heterocycles. The fraction of sp³-hybridized carbons (Fsp3) is 0.0909. The number of rotatable bonds is 1. The predicted molar refractivity (Wildman–Crippen MR) is 70.5 cm³/mol. The Balaban J connectivity index is 0.000000224. The first-order chi connectivity index (χ1) is 8.35. The maximum absolute atomic E-state index is 10.7. The van der Waals surface area contributed by atoms with Crippen LogP contribution in [-0.2, 0) is 11.8 Å². The van der Waals surface area contributed by atoms with Crippen LogP contribution in [0.1, 0.15) is 0 Å². The average Bonchev–Trinajstić information content (AvgIpc) is 2.24. The van der Waals surface area contributed by atoms with Gasteiger partial charge in [0.05, 0.1) is 0 Å². The zero-order valence-corrected chi connectivity index (χ0v) is 11.5. The third-order valence-corrected chi connectivity index (χ3v) is 2.79. The van der Waals surface area contributed by atoms with E-state index in [1.165, 1.54) is 27.4 Å². The Morgan fingerprint density at radius 3 is 1.74 bits per heavy atom. The van der Waals surface area contributed by atoms with E-state index in [0.29, 0.717) is 0 Å². The third kappa shape index (κ3) is 8.72. The topological polar surface area (TPSA) is 0 Å². The summed E-state index contributed by atoms with van der Waals surface area (Å²) in [7, 11) is -10.7. The van der Waals surface area contributed by atoms with Crippen LogP contribution in [0.5, 0.6) is 0 Å². The molecule has 0 saturated carbocycles. The Labute approximate surface area is 110 Å². The van der Waals surface area contributed by atoms with Gasteiger partial charge in [-0.1, -0.05) is 24.3 Å². The fourth-order valence-corrected chi connectivity index (χ4v) is 1.81. The van der Waals surface area contributed by atoms with E-state index >= 15 is 0 Å². The molecule has 8 heteroatoms. The summed E-state index contributed by atoms with van der Waals surface area (Å²) in [6, 6.07) is 15.1. The molecule has 2 rings (SSSR count). The van der Waals surface area contributed by atoms with E-state index < -0.39 is 7.81 Å². The zero-order chi connectivity index (χ0) is 14.8. The molecule has 0 N–H and O–H groups in total. The van der Waals surface area contributed by atoms with Crippen LogP contribution >= 0.6 is 7.81 Å². The first-order valence-electron chi connectivity index (χ1n) is 5.00. The number of benzene rings is 2. The second kappa shape index (κ2) is 4.56. The quantitative estimate of drug-likeness (QED) is 0.261. The van der Waals surface area contributed by atoms with Crippen molar-refractivity contribution in [1.29, 1.82) is 0 Å². The summed E-state index contributed by atoms with van der Waals surface area (Å²) in [5, 5.41) is 2.66. The van der Waals surface area contributed by atoms with Gasteiger partial charge in [-0.05, 0) is 22.9 Å². The fourth-order valence-electron chi connectivity index (χ4n) is 1.32. The summed E-state index contributed by atoms with van der Waals surface area (Å²) in [5.41, 5.74) is 0. The zero-order valence-electron chi connectivity index (χ0n) is 9.70. The van der Waals surface area contributed by atoms with Crippen molar-refractivity contribution in [2.75, 3.05) is 6.26 Å². The molecule has 0 radical (unpaired) electrons. The van der Waals surface area contributed by atoms with Crippen molar-refractivity contribution in [3.8, 4) is 0 Å². The third-order valence-electron chi connectivity index (χ3n) is 1.99. The van der Waals surface area contributed by atoms with Crippen LogP contribution in [0.4, 0.5) is 25.2 Å². The first-order valence-corrected chi connectivity index (χ1v) is 8.37. The van der Waals surface area contributed by atoms with Gasteiger partial charge in [-0.2, -0.15) is 0 Å². The van der Waals surface area contributed by atoms with E-state index in [1.54, 1.807) is 0 Å². The number of hydrogen-bond acceptors (Lipinski definition) is 0. The molecule has 2 aromatic rings. The molecular weight excluding hydrogens is 309 g/mol. The van der Waals surface area contributed by atoms with E-state index in [-0.39, 0.29) is 0 Å². The van der Waals surface area contributed by atoms with Crippen molar-refractivity contribution < 1.29 is 25.2 Å². The number of hydrogen-bond donors (Lipinski definition) is 0. The van der Waals surface area contributed by atoms with E-state index in [4.69, 9.17) is 0 Å². The van der Waals surface area contributed by atoms with E-state index in [2.05, 4.69) is 48.7 Å². The number of fused-ring (bicyclic) bond motifs is 1. The van der Waals surface area contributed by atoms with E-state index in [9.17, 15) is 25.2 Å². The Kier molecular flexibility index (Phi) is 3.87. The van der Waals surface area contributed by atoms with Crippen LogP contribution < -0.4 is 0 Å². The maximum atomic E-state index is 9.87. The Morgan fingerprint density at radius 2 is 1.26 bits per heavy atom. The second-order valence-corrected chi connectivity index (χ2v) is 6.59. The molecule has 0 aliphatic rings. The molecule has 0 saturated heterocycles. The average molecular weight is 320 g/mol. The Bertz CT molecular complexity index is 566. The summed E-state index contributed by atoms with van der Waals surface area (Å²) < 4.78 is 59.2. The van der Waals surface area contributed by atoms with Crippen LogP contribution in [0.2, 0.25) is 0 Å². The van der Waals surface area contributed by atoms with Crippen molar-refractivity contribution in [3.05, 3.63) is 42.5 Å². The molecule has 0 nitrogen and oxygen atoms in total. The predicted octanol–water partition coefficient (Wildman–Crippen LogP) is 6.03. The molecule has 0 bridgehead atoms. The van der Waals surface area contributed by atoms with Gasteiger partial charge in [0.25, 0.3) is 0 Å². The molecule has 19 heavy (non-hydrogen) atoms. The van der Waals surface area contributed by atoms with Crippen molar-refractivity contribution in [3.63, 3.8) is 0 Å². The Hall–Kier alpha value is -0.940. The second-order valence-electron chi connectivity index (χ2n) is 3.71. The standard InChI is InChI=1S/C11H10S.F6P/c1-12-11-7-6-9-4-2-3-5-10(9)8-11;1-7(2,3,4,5)6/h2-8H,1H3;/q;-1/p+1. The van der Waals surface area contributed by atoms with Crippen LogP contribution in [-0.4, -0.2) is 6.26 Å². The van der Waals surface area contributed by atoms with Gasteiger partial charge in [-0.3, -0.25) is 0 Å². The summed E-state index contributed by atoms with van der Waals surface area (Å²) in [4.78, 5) is 1.38. The molecule has 0 aliphatic carbocycles. The van der Waals surface area contributed by atoms with Crippen LogP contribution in [0.25, 0.3) is 10.8 Å². The number of halogens is 6. The van der Waals surface area contributed by atoms with Crippen molar-refractivity contribution >= 4 is 30.3 Å². The first kappa shape index (κ1) is 16.1. The normalized spacial score (nSPS) is 15.1. The van der Waals surface area contributed by atoms with Crippen molar-refractivity contribution in [2.24, 2.45) is 0 Å². The van der Waals surface area contributed by atoms with Gasteiger partial charge < -0.3 is 0 Å². The van der Waals surface area contributed by atoms with Crippen molar-refractivity contribution in [2.45, 2.75) is 4.90 Å². The minimum atomic E-state index is -10.7. The summed E-state index contributed by atoms with van der Waals surface area (Å²) in [6.45, 7) is 0. The monoisotopic (exact) mass is 320 g/mol. The van der Waals surface area contributed by atoms with E-state index in [1.807, 2.05) is 0 Å². The van der Waals surface area contributed by atoms with Gasteiger partial charge in [0.15, 0.2) is 4.90 Å². The van der Waals surface area contributed by atoms with Gasteiger partial charge in [-0.15, -0.1) is 0 Å². The van der Waals surface area contributed by atoms with Gasteiger partial charge in [-0.25, -0.2) is 0 Å². The molecule has 0 spiro atoms. The summed E-state index contributed by atoms with van der Waals surface area (Å²) in [5.74, 6) is 0. The minimum absolute atomic E-state index is 1.32. The summed E-state index contributed by atoms with van der Waals surface area (Å²) in [6.07, 6.45) is 2.16. The van der Waals surface area contributed by atoms with Crippen LogP contribution in [0.3, 0.4) is 0 Å². The van der Waals surface area contributed by atoms with Gasteiger partial charge in [0.2, 0.25) is 0 Å². The summed E-state index contributed by atoms with van der Waals surface area (Å²) >= 11 is 1.34. The molecule has 0 aliphatic heterocycles. The SMILES string of the molecule is C[SH+]c1ccc2ccccc2c1.F[P-](F)(F)(F)(F)F. The molecule has 108 valence electrons.